The van der Waals surface area contributed by atoms with Crippen molar-refractivity contribution in [3.05, 3.63) is 45.5 Å². The van der Waals surface area contributed by atoms with E-state index in [-0.39, 0.29) is 63.5 Å². The van der Waals surface area contributed by atoms with Crippen LogP contribution in [0.2, 0.25) is 0 Å². The molecular weight excluding hydrogens is 534 g/mol. The normalized spacial score (nSPS) is 17.3. The molecule has 15 heteroatoms. The Morgan fingerprint density at radius 3 is 2.44 bits per heavy atom. The lowest BCUT2D eigenvalue weighted by atomic mass is 10.1. The molecule has 2 aliphatic rings. The summed E-state index contributed by atoms with van der Waals surface area (Å²) in [6.45, 7) is 2.31. The van der Waals surface area contributed by atoms with Crippen molar-refractivity contribution in [3.63, 3.8) is 0 Å². The number of halogens is 6. The summed E-state index contributed by atoms with van der Waals surface area (Å²) in [6, 6.07) is 0.552. The second-order valence-electron chi connectivity index (χ2n) is 9.64. The molecule has 0 aromatic carbocycles. The van der Waals surface area contributed by atoms with Gasteiger partial charge >= 0.3 is 12.4 Å². The van der Waals surface area contributed by atoms with Crippen LogP contribution in [0.4, 0.5) is 37.8 Å². The highest BCUT2D eigenvalue weighted by Gasteiger charge is 2.39. The number of carbonyl (C=O) groups is 1. The van der Waals surface area contributed by atoms with Gasteiger partial charge in [0.2, 0.25) is 5.91 Å². The van der Waals surface area contributed by atoms with E-state index >= 15 is 0 Å². The van der Waals surface area contributed by atoms with Crippen molar-refractivity contribution in [1.82, 2.24) is 20.1 Å². The molecule has 2 aromatic heterocycles. The van der Waals surface area contributed by atoms with Gasteiger partial charge in [-0.15, -0.1) is 0 Å². The first-order chi connectivity index (χ1) is 18.3. The molecule has 2 aromatic rings. The van der Waals surface area contributed by atoms with Gasteiger partial charge in [-0.2, -0.15) is 31.4 Å². The molecule has 0 radical (unpaired) electrons. The zero-order valence-corrected chi connectivity index (χ0v) is 21.0. The van der Waals surface area contributed by atoms with Gasteiger partial charge in [-0.05, 0) is 37.3 Å². The number of hydrogen-bond donors (Lipinski definition) is 2. The molecule has 39 heavy (non-hydrogen) atoms. The molecule has 1 saturated heterocycles. The van der Waals surface area contributed by atoms with E-state index in [9.17, 15) is 35.9 Å². The van der Waals surface area contributed by atoms with Crippen molar-refractivity contribution < 1.29 is 35.9 Å². The van der Waals surface area contributed by atoms with Crippen LogP contribution in [0.3, 0.4) is 0 Å². The molecule has 1 saturated carbocycles. The van der Waals surface area contributed by atoms with E-state index in [1.807, 2.05) is 0 Å². The summed E-state index contributed by atoms with van der Waals surface area (Å²) >= 11 is 0. The predicted molar refractivity (Wildman–Crippen MR) is 128 cm³/mol. The first-order valence-corrected chi connectivity index (χ1v) is 12.4. The van der Waals surface area contributed by atoms with Crippen molar-refractivity contribution in [2.75, 3.05) is 49.6 Å². The van der Waals surface area contributed by atoms with Crippen LogP contribution >= 0.6 is 0 Å². The molecule has 1 aliphatic heterocycles. The second kappa shape index (κ2) is 11.4. The fourth-order valence-electron chi connectivity index (χ4n) is 4.42. The maximum Gasteiger partial charge on any atom is 0.423 e. The number of H-pyrrole nitrogens is 1. The van der Waals surface area contributed by atoms with E-state index in [1.165, 1.54) is 22.1 Å². The Morgan fingerprint density at radius 1 is 1.13 bits per heavy atom. The lowest BCUT2D eigenvalue weighted by Gasteiger charge is -2.36. The largest absolute Gasteiger partial charge is 0.423 e. The lowest BCUT2D eigenvalue weighted by molar-refractivity contribution is -0.138. The van der Waals surface area contributed by atoms with Gasteiger partial charge in [0, 0.05) is 38.4 Å². The third kappa shape index (κ3) is 7.19. The standard InChI is InChI=1S/C24H28F6N6O3/c1-14(33-18-12-32-34-22(38)20(18)24(28,29)30)13-39-9-4-19(37)35-5-7-36(8-6-35)21-17(23(25,26)27)10-16(11-31-21)15-2-3-15/h10-12,14-15H,2-9,13H2,1H3,(H2,33,34,38)/t14-/m0/s1. The number of amides is 1. The average Bonchev–Trinajstić information content (AvgIpc) is 3.71. The van der Waals surface area contributed by atoms with Crippen LogP contribution in [0.25, 0.3) is 0 Å². The summed E-state index contributed by atoms with van der Waals surface area (Å²) in [4.78, 5) is 31.3. The Bertz CT molecular complexity index is 1220. The topological polar surface area (TPSA) is 103 Å². The van der Waals surface area contributed by atoms with Crippen LogP contribution in [0.15, 0.2) is 23.3 Å². The van der Waals surface area contributed by atoms with E-state index < -0.39 is 40.8 Å². The summed E-state index contributed by atoms with van der Waals surface area (Å²) in [6.07, 6.45) is -5.33. The van der Waals surface area contributed by atoms with Crippen molar-refractivity contribution in [2.45, 2.75) is 50.5 Å². The fourth-order valence-corrected chi connectivity index (χ4v) is 4.42. The highest BCUT2D eigenvalue weighted by atomic mass is 19.4. The zero-order valence-electron chi connectivity index (χ0n) is 21.0. The Hall–Kier alpha value is -3.36. The van der Waals surface area contributed by atoms with Gasteiger partial charge in [-0.3, -0.25) is 9.59 Å². The molecule has 3 heterocycles. The molecule has 0 spiro atoms. The van der Waals surface area contributed by atoms with E-state index in [0.717, 1.165) is 19.0 Å². The lowest BCUT2D eigenvalue weighted by Crippen LogP contribution is -2.49. The average molecular weight is 563 g/mol. The molecule has 214 valence electrons. The number of nitrogens with one attached hydrogen (secondary N) is 2. The van der Waals surface area contributed by atoms with Crippen LogP contribution in [-0.2, 0) is 21.9 Å². The third-order valence-corrected chi connectivity index (χ3v) is 6.54. The molecule has 9 nitrogen and oxygen atoms in total. The van der Waals surface area contributed by atoms with Crippen LogP contribution in [-0.4, -0.2) is 71.4 Å². The number of hydrogen-bond acceptors (Lipinski definition) is 7. The summed E-state index contributed by atoms with van der Waals surface area (Å²) < 4.78 is 86.0. The number of anilines is 2. The van der Waals surface area contributed by atoms with Gasteiger partial charge in [0.05, 0.1) is 37.1 Å². The van der Waals surface area contributed by atoms with Crippen molar-refractivity contribution in [3.8, 4) is 0 Å². The number of carbonyl (C=O) groups excluding carboxylic acids is 1. The quantitative estimate of drug-likeness (QED) is 0.356. The Kier molecular flexibility index (Phi) is 8.37. The van der Waals surface area contributed by atoms with Crippen molar-refractivity contribution in [1.29, 1.82) is 0 Å². The number of pyridine rings is 1. The smallest absolute Gasteiger partial charge is 0.379 e. The first kappa shape index (κ1) is 28.6. The first-order valence-electron chi connectivity index (χ1n) is 12.4. The highest BCUT2D eigenvalue weighted by Crippen LogP contribution is 2.43. The number of piperazine rings is 1. The minimum atomic E-state index is -4.87. The number of rotatable bonds is 9. The SMILES string of the molecule is C[C@@H](COCCC(=O)N1CCN(c2ncc(C3CC3)cc2C(F)(F)F)CC1)Nc1cn[nH]c(=O)c1C(F)(F)F. The number of ether oxygens (including phenoxy) is 1. The Labute approximate surface area is 219 Å². The molecule has 0 unspecified atom stereocenters. The predicted octanol–water partition coefficient (Wildman–Crippen LogP) is 3.64. The van der Waals surface area contributed by atoms with E-state index in [4.69, 9.17) is 4.74 Å². The molecule has 0 bridgehead atoms. The second-order valence-corrected chi connectivity index (χ2v) is 9.64. The zero-order chi connectivity index (χ0) is 28.4. The summed E-state index contributed by atoms with van der Waals surface area (Å²) in [5.41, 5.74) is -3.41. The maximum atomic E-state index is 13.7. The third-order valence-electron chi connectivity index (χ3n) is 6.54. The molecule has 2 fully saturated rings. The van der Waals surface area contributed by atoms with Gasteiger partial charge in [-0.1, -0.05) is 0 Å². The number of nitrogens with zero attached hydrogens (tertiary/aromatic N) is 4. The fraction of sp³-hybridized carbons (Fsp3) is 0.583. The summed E-state index contributed by atoms with van der Waals surface area (Å²) in [7, 11) is 0. The Morgan fingerprint density at radius 2 is 1.82 bits per heavy atom. The molecule has 1 amide bonds. The van der Waals surface area contributed by atoms with E-state index in [2.05, 4.69) is 15.4 Å². The van der Waals surface area contributed by atoms with Gasteiger partial charge in [0.15, 0.2) is 0 Å². The molecule has 1 aliphatic carbocycles. The molecule has 2 N–H and O–H groups in total. The summed E-state index contributed by atoms with van der Waals surface area (Å²) in [5, 5.41) is 7.68. The van der Waals surface area contributed by atoms with Crippen LogP contribution < -0.4 is 15.8 Å². The van der Waals surface area contributed by atoms with Gasteiger partial charge in [0.1, 0.15) is 11.4 Å². The number of aromatic nitrogens is 3. The van der Waals surface area contributed by atoms with Crippen LogP contribution in [0.5, 0.6) is 0 Å². The van der Waals surface area contributed by atoms with E-state index in [1.54, 1.807) is 12.0 Å². The van der Waals surface area contributed by atoms with Crippen LogP contribution in [0, 0.1) is 0 Å². The van der Waals surface area contributed by atoms with E-state index in [0.29, 0.717) is 5.56 Å². The maximum absolute atomic E-state index is 13.7. The molecule has 4 rings (SSSR count). The van der Waals surface area contributed by atoms with Crippen LogP contribution in [0.1, 0.15) is 48.8 Å². The highest BCUT2D eigenvalue weighted by molar-refractivity contribution is 5.76. The minimum Gasteiger partial charge on any atom is -0.379 e. The molecule has 1 atom stereocenters. The van der Waals surface area contributed by atoms with Crippen molar-refractivity contribution in [2.24, 2.45) is 0 Å². The van der Waals surface area contributed by atoms with Gasteiger partial charge in [0.25, 0.3) is 5.56 Å². The number of alkyl halides is 6. The van der Waals surface area contributed by atoms with Crippen molar-refractivity contribution >= 4 is 17.4 Å². The monoisotopic (exact) mass is 562 g/mol. The summed E-state index contributed by atoms with van der Waals surface area (Å²) in [5.74, 6) is -0.241. The Balaban J connectivity index is 1.23. The van der Waals surface area contributed by atoms with Gasteiger partial charge in [-0.25, -0.2) is 10.1 Å². The molecular formula is C24H28F6N6O3. The minimum absolute atomic E-state index is 0.00474. The van der Waals surface area contributed by atoms with Gasteiger partial charge < -0.3 is 19.9 Å². The number of aromatic amines is 1.